The summed E-state index contributed by atoms with van der Waals surface area (Å²) in [6, 6.07) is 3.41. The van der Waals surface area contributed by atoms with Crippen LogP contribution < -0.4 is 5.32 Å². The molecule has 18 heavy (non-hydrogen) atoms. The molecular formula is C12H12F5N. The van der Waals surface area contributed by atoms with E-state index in [0.29, 0.717) is 12.6 Å². The summed E-state index contributed by atoms with van der Waals surface area (Å²) in [5, 5.41) is 2.79. The van der Waals surface area contributed by atoms with Crippen LogP contribution in [-0.2, 0) is 12.1 Å². The lowest BCUT2D eigenvalue weighted by molar-refractivity contribution is -0.138. The molecule has 1 heterocycles. The van der Waals surface area contributed by atoms with Crippen molar-refractivity contribution in [2.24, 2.45) is 5.92 Å². The fraction of sp³-hybridized carbons (Fsp3) is 0.500. The molecule has 2 rings (SSSR count). The molecule has 1 aromatic carbocycles. The van der Waals surface area contributed by atoms with Gasteiger partial charge in [-0.25, -0.2) is 8.78 Å². The molecule has 1 nitrogen and oxygen atoms in total. The summed E-state index contributed by atoms with van der Waals surface area (Å²) < 4.78 is 65.5. The lowest BCUT2D eigenvalue weighted by Gasteiger charge is -2.23. The molecule has 0 aliphatic carbocycles. The van der Waals surface area contributed by atoms with Crippen LogP contribution in [0, 0.1) is 5.92 Å². The van der Waals surface area contributed by atoms with Crippen LogP contribution >= 0.6 is 0 Å². The first kappa shape index (κ1) is 13.3. The second-order valence-corrected chi connectivity index (χ2v) is 4.39. The molecular weight excluding hydrogens is 253 g/mol. The molecule has 1 unspecified atom stereocenters. The number of hydrogen-bond acceptors (Lipinski definition) is 1. The molecule has 1 N–H and O–H groups in total. The molecule has 6 heteroatoms. The fourth-order valence-corrected chi connectivity index (χ4v) is 2.10. The lowest BCUT2D eigenvalue weighted by Crippen LogP contribution is -2.28. The van der Waals surface area contributed by atoms with Crippen molar-refractivity contribution in [1.29, 1.82) is 0 Å². The van der Waals surface area contributed by atoms with Crippen LogP contribution in [-0.4, -0.2) is 13.1 Å². The van der Waals surface area contributed by atoms with E-state index in [-0.39, 0.29) is 13.0 Å². The minimum Gasteiger partial charge on any atom is -0.316 e. The molecule has 0 saturated carbocycles. The average Bonchev–Trinajstić information content (AvgIpc) is 2.82. The van der Waals surface area contributed by atoms with Gasteiger partial charge in [-0.15, -0.1) is 0 Å². The zero-order valence-electron chi connectivity index (χ0n) is 9.40. The van der Waals surface area contributed by atoms with Crippen molar-refractivity contribution in [2.45, 2.75) is 18.5 Å². The van der Waals surface area contributed by atoms with Crippen molar-refractivity contribution < 1.29 is 22.0 Å². The van der Waals surface area contributed by atoms with Crippen LogP contribution in [0.3, 0.4) is 0 Å². The highest BCUT2D eigenvalue weighted by atomic mass is 19.4. The Hall–Kier alpha value is -1.17. The first-order valence-electron chi connectivity index (χ1n) is 5.58. The van der Waals surface area contributed by atoms with Gasteiger partial charge in [0.1, 0.15) is 0 Å². The minimum atomic E-state index is -4.60. The Balaban J connectivity index is 2.32. The first-order valence-corrected chi connectivity index (χ1v) is 5.58. The molecule has 0 spiro atoms. The molecule has 1 saturated heterocycles. The Morgan fingerprint density at radius 2 is 1.72 bits per heavy atom. The van der Waals surface area contributed by atoms with Crippen LogP contribution in [0.2, 0.25) is 0 Å². The summed E-state index contributed by atoms with van der Waals surface area (Å²) in [5.41, 5.74) is -1.60. The van der Waals surface area contributed by atoms with E-state index in [1.807, 2.05) is 0 Å². The second kappa shape index (κ2) is 4.50. The molecule has 0 amide bonds. The third-order valence-electron chi connectivity index (χ3n) is 3.15. The van der Waals surface area contributed by atoms with Crippen LogP contribution in [0.5, 0.6) is 0 Å². The zero-order chi connectivity index (χ0) is 13.4. The maximum Gasteiger partial charge on any atom is 0.416 e. The third kappa shape index (κ3) is 2.48. The Bertz CT molecular complexity index is 421. The van der Waals surface area contributed by atoms with E-state index in [4.69, 9.17) is 0 Å². The summed E-state index contributed by atoms with van der Waals surface area (Å²) in [6.07, 6.45) is -4.33. The van der Waals surface area contributed by atoms with E-state index in [0.717, 1.165) is 18.2 Å². The largest absolute Gasteiger partial charge is 0.416 e. The summed E-state index contributed by atoms with van der Waals surface area (Å²) >= 11 is 0. The Morgan fingerprint density at radius 1 is 1.06 bits per heavy atom. The van der Waals surface area contributed by atoms with Crippen molar-refractivity contribution in [3.8, 4) is 0 Å². The molecule has 1 atom stereocenters. The lowest BCUT2D eigenvalue weighted by atomic mass is 9.93. The predicted octanol–water partition coefficient (Wildman–Crippen LogP) is 3.41. The van der Waals surface area contributed by atoms with E-state index < -0.39 is 29.1 Å². The normalized spacial score (nSPS) is 21.3. The second-order valence-electron chi connectivity index (χ2n) is 4.39. The maximum absolute atomic E-state index is 14.0. The molecule has 1 fully saturated rings. The molecule has 1 aliphatic rings. The molecule has 1 aliphatic heterocycles. The summed E-state index contributed by atoms with van der Waals surface area (Å²) in [4.78, 5) is 0. The van der Waals surface area contributed by atoms with E-state index in [1.54, 1.807) is 0 Å². The van der Waals surface area contributed by atoms with Gasteiger partial charge in [-0.3, -0.25) is 0 Å². The Morgan fingerprint density at radius 3 is 2.28 bits per heavy atom. The van der Waals surface area contributed by atoms with Crippen molar-refractivity contribution in [3.63, 3.8) is 0 Å². The Kier molecular flexibility index (Phi) is 3.31. The van der Waals surface area contributed by atoms with Gasteiger partial charge in [0.2, 0.25) is 0 Å². The van der Waals surface area contributed by atoms with Crippen LogP contribution in [0.15, 0.2) is 24.3 Å². The SMILES string of the molecule is FC(F)(F)c1cccc(C(F)(F)C2CCNC2)c1. The minimum absolute atomic E-state index is 0.128. The highest BCUT2D eigenvalue weighted by Crippen LogP contribution is 2.40. The van der Waals surface area contributed by atoms with Gasteiger partial charge in [0.05, 0.1) is 5.56 Å². The van der Waals surface area contributed by atoms with Gasteiger partial charge in [0, 0.05) is 18.0 Å². The standard InChI is InChI=1S/C12H12F5N/c13-11(14,10-4-5-18-7-10)8-2-1-3-9(6-8)12(15,16)17/h1-3,6,10,18H,4-5,7H2. The number of alkyl halides is 5. The summed E-state index contributed by atoms with van der Waals surface area (Å²) in [7, 11) is 0. The fourth-order valence-electron chi connectivity index (χ4n) is 2.10. The van der Waals surface area contributed by atoms with Gasteiger partial charge in [-0.05, 0) is 25.1 Å². The van der Waals surface area contributed by atoms with Gasteiger partial charge < -0.3 is 5.32 Å². The topological polar surface area (TPSA) is 12.0 Å². The number of nitrogens with one attached hydrogen (secondary N) is 1. The third-order valence-corrected chi connectivity index (χ3v) is 3.15. The quantitative estimate of drug-likeness (QED) is 0.808. The summed E-state index contributed by atoms with van der Waals surface area (Å²) in [5.74, 6) is -4.17. The molecule has 0 radical (unpaired) electrons. The number of rotatable bonds is 2. The van der Waals surface area contributed by atoms with Gasteiger partial charge in [-0.2, -0.15) is 13.2 Å². The molecule has 0 bridgehead atoms. The van der Waals surface area contributed by atoms with Crippen LogP contribution in [0.1, 0.15) is 17.5 Å². The van der Waals surface area contributed by atoms with Gasteiger partial charge in [0.15, 0.2) is 0 Å². The number of benzene rings is 1. The van der Waals surface area contributed by atoms with Gasteiger partial charge in [0.25, 0.3) is 5.92 Å². The highest BCUT2D eigenvalue weighted by molar-refractivity contribution is 5.29. The van der Waals surface area contributed by atoms with Crippen molar-refractivity contribution in [1.82, 2.24) is 5.32 Å². The number of hydrogen-bond donors (Lipinski definition) is 1. The highest BCUT2D eigenvalue weighted by Gasteiger charge is 2.43. The van der Waals surface area contributed by atoms with Gasteiger partial charge in [-0.1, -0.05) is 12.1 Å². The van der Waals surface area contributed by atoms with Crippen LogP contribution in [0.4, 0.5) is 22.0 Å². The van der Waals surface area contributed by atoms with E-state index in [1.165, 1.54) is 0 Å². The maximum atomic E-state index is 14.0. The average molecular weight is 265 g/mol. The Labute approximate surface area is 101 Å². The monoisotopic (exact) mass is 265 g/mol. The molecule has 0 aromatic heterocycles. The van der Waals surface area contributed by atoms with E-state index in [2.05, 4.69) is 5.32 Å². The van der Waals surface area contributed by atoms with Crippen molar-refractivity contribution in [2.75, 3.05) is 13.1 Å². The smallest absolute Gasteiger partial charge is 0.316 e. The van der Waals surface area contributed by atoms with Crippen LogP contribution in [0.25, 0.3) is 0 Å². The van der Waals surface area contributed by atoms with Crippen molar-refractivity contribution in [3.05, 3.63) is 35.4 Å². The predicted molar refractivity (Wildman–Crippen MR) is 56.3 cm³/mol. The molecule has 1 aromatic rings. The van der Waals surface area contributed by atoms with Crippen molar-refractivity contribution >= 4 is 0 Å². The van der Waals surface area contributed by atoms with Gasteiger partial charge >= 0.3 is 6.18 Å². The molecule has 100 valence electrons. The first-order chi connectivity index (χ1) is 8.32. The number of halogens is 5. The van der Waals surface area contributed by atoms with E-state index in [9.17, 15) is 22.0 Å². The van der Waals surface area contributed by atoms with E-state index >= 15 is 0 Å². The summed E-state index contributed by atoms with van der Waals surface area (Å²) in [6.45, 7) is 0.600. The zero-order valence-corrected chi connectivity index (χ0v) is 9.40.